The number of rotatable bonds is 3. The fourth-order valence-corrected chi connectivity index (χ4v) is 1.93. The molecule has 1 fully saturated rings. The molecule has 92 valence electrons. The van der Waals surface area contributed by atoms with E-state index in [1.807, 2.05) is 11.8 Å². The second-order valence-electron chi connectivity index (χ2n) is 4.19. The third-order valence-corrected chi connectivity index (χ3v) is 2.75. The lowest BCUT2D eigenvalue weighted by Crippen LogP contribution is -2.33. The molecule has 0 unspecified atom stereocenters. The zero-order valence-electron chi connectivity index (χ0n) is 9.94. The Hall–Kier alpha value is -1.85. The summed E-state index contributed by atoms with van der Waals surface area (Å²) in [6.45, 7) is 3.83. The molecule has 17 heavy (non-hydrogen) atoms. The Bertz CT molecular complexity index is 394. The average molecular weight is 235 g/mol. The highest BCUT2D eigenvalue weighted by Gasteiger charge is 2.17. The number of aromatic nitrogens is 2. The molecule has 2 heterocycles. The van der Waals surface area contributed by atoms with Crippen LogP contribution in [-0.2, 0) is 4.79 Å². The minimum absolute atomic E-state index is 0.109. The summed E-state index contributed by atoms with van der Waals surface area (Å²) in [5.41, 5.74) is 6.32. The summed E-state index contributed by atoms with van der Waals surface area (Å²) in [6, 6.07) is 1.77. The molecule has 1 aromatic heterocycles. The number of amides is 1. The normalized spacial score (nSPS) is 15.0. The molecule has 0 bridgehead atoms. The Morgan fingerprint density at radius 1 is 1.47 bits per heavy atom. The molecular weight excluding hydrogens is 218 g/mol. The van der Waals surface area contributed by atoms with Gasteiger partial charge in [-0.2, -0.15) is 4.98 Å². The number of anilines is 2. The summed E-state index contributed by atoms with van der Waals surface area (Å²) in [4.78, 5) is 21.6. The van der Waals surface area contributed by atoms with E-state index in [1.54, 1.807) is 6.07 Å². The van der Waals surface area contributed by atoms with Crippen LogP contribution in [-0.4, -0.2) is 40.4 Å². The summed E-state index contributed by atoms with van der Waals surface area (Å²) < 4.78 is 0. The van der Waals surface area contributed by atoms with Crippen molar-refractivity contribution in [3.05, 3.63) is 11.8 Å². The van der Waals surface area contributed by atoms with Crippen LogP contribution in [0.1, 0.15) is 18.5 Å². The maximum Gasteiger partial charge on any atom is 0.241 e. The van der Waals surface area contributed by atoms with Crippen LogP contribution in [0.15, 0.2) is 6.07 Å². The van der Waals surface area contributed by atoms with Crippen molar-refractivity contribution in [2.45, 2.75) is 19.8 Å². The number of carbonyl (C=O) groups is 1. The molecule has 0 atom stereocenters. The average Bonchev–Trinajstić information content (AvgIpc) is 2.78. The van der Waals surface area contributed by atoms with Crippen LogP contribution in [0, 0.1) is 6.92 Å². The van der Waals surface area contributed by atoms with Gasteiger partial charge in [0.05, 0.1) is 6.54 Å². The second kappa shape index (κ2) is 4.99. The molecular formula is C11H17N5O. The molecule has 1 aromatic rings. The number of nitrogens with one attached hydrogen (secondary N) is 1. The molecule has 1 amide bonds. The van der Waals surface area contributed by atoms with E-state index in [0.29, 0.717) is 5.82 Å². The van der Waals surface area contributed by atoms with Gasteiger partial charge in [-0.15, -0.1) is 0 Å². The molecule has 0 radical (unpaired) electrons. The Balaban J connectivity index is 1.90. The number of hydrogen-bond donors (Lipinski definition) is 2. The Kier molecular flexibility index (Phi) is 3.41. The zero-order valence-corrected chi connectivity index (χ0v) is 9.94. The van der Waals surface area contributed by atoms with E-state index in [9.17, 15) is 4.79 Å². The van der Waals surface area contributed by atoms with E-state index in [1.165, 1.54) is 0 Å². The molecule has 1 aliphatic heterocycles. The topological polar surface area (TPSA) is 84.1 Å². The van der Waals surface area contributed by atoms with Crippen molar-refractivity contribution in [1.29, 1.82) is 0 Å². The molecule has 2 rings (SSSR count). The van der Waals surface area contributed by atoms with E-state index in [2.05, 4.69) is 15.3 Å². The lowest BCUT2D eigenvalue weighted by molar-refractivity contribution is -0.128. The molecule has 6 heteroatoms. The highest BCUT2D eigenvalue weighted by molar-refractivity contribution is 5.80. The lowest BCUT2D eigenvalue weighted by atomic mass is 10.4. The summed E-state index contributed by atoms with van der Waals surface area (Å²) >= 11 is 0. The third-order valence-electron chi connectivity index (χ3n) is 2.75. The summed E-state index contributed by atoms with van der Waals surface area (Å²) in [5, 5.41) is 2.98. The van der Waals surface area contributed by atoms with E-state index in [0.717, 1.165) is 31.6 Å². The van der Waals surface area contributed by atoms with E-state index in [4.69, 9.17) is 5.73 Å². The fourth-order valence-electron chi connectivity index (χ4n) is 1.93. The van der Waals surface area contributed by atoms with E-state index in [-0.39, 0.29) is 18.4 Å². The number of nitrogens with two attached hydrogens (primary N) is 1. The smallest absolute Gasteiger partial charge is 0.241 e. The van der Waals surface area contributed by atoms with Crippen molar-refractivity contribution in [3.8, 4) is 0 Å². The van der Waals surface area contributed by atoms with Gasteiger partial charge in [0.2, 0.25) is 11.9 Å². The van der Waals surface area contributed by atoms with Crippen LogP contribution in [0.2, 0.25) is 0 Å². The van der Waals surface area contributed by atoms with Gasteiger partial charge in [0.25, 0.3) is 0 Å². The van der Waals surface area contributed by atoms with Crippen molar-refractivity contribution in [2.24, 2.45) is 0 Å². The van der Waals surface area contributed by atoms with Gasteiger partial charge in [-0.3, -0.25) is 4.79 Å². The standard InChI is InChI=1S/C11H17N5O/c1-8-6-9(15-11(12)14-8)13-7-10(17)16-4-2-3-5-16/h6H,2-5,7H2,1H3,(H3,12,13,14,15). The summed E-state index contributed by atoms with van der Waals surface area (Å²) in [6.07, 6.45) is 2.20. The Morgan fingerprint density at radius 2 is 2.18 bits per heavy atom. The Morgan fingerprint density at radius 3 is 2.82 bits per heavy atom. The van der Waals surface area contributed by atoms with Crippen molar-refractivity contribution in [2.75, 3.05) is 30.7 Å². The molecule has 1 saturated heterocycles. The second-order valence-corrected chi connectivity index (χ2v) is 4.19. The van der Waals surface area contributed by atoms with Gasteiger partial charge < -0.3 is 16.0 Å². The number of nitrogens with zero attached hydrogens (tertiary/aromatic N) is 3. The summed E-state index contributed by atoms with van der Waals surface area (Å²) in [7, 11) is 0. The van der Waals surface area contributed by atoms with Gasteiger partial charge in [-0.1, -0.05) is 0 Å². The monoisotopic (exact) mass is 235 g/mol. The molecule has 0 aliphatic carbocycles. The number of likely N-dealkylation sites (tertiary alicyclic amines) is 1. The largest absolute Gasteiger partial charge is 0.368 e. The third kappa shape index (κ3) is 3.05. The van der Waals surface area contributed by atoms with Gasteiger partial charge in [0, 0.05) is 24.8 Å². The van der Waals surface area contributed by atoms with Gasteiger partial charge in [-0.25, -0.2) is 4.98 Å². The molecule has 3 N–H and O–H groups in total. The first-order valence-electron chi connectivity index (χ1n) is 5.78. The molecule has 1 aliphatic rings. The maximum absolute atomic E-state index is 11.8. The highest BCUT2D eigenvalue weighted by Crippen LogP contribution is 2.09. The zero-order chi connectivity index (χ0) is 12.3. The van der Waals surface area contributed by atoms with E-state index >= 15 is 0 Å². The first kappa shape index (κ1) is 11.6. The highest BCUT2D eigenvalue weighted by atomic mass is 16.2. The van der Waals surface area contributed by atoms with Gasteiger partial charge in [-0.05, 0) is 19.8 Å². The lowest BCUT2D eigenvalue weighted by Gasteiger charge is -2.15. The van der Waals surface area contributed by atoms with Crippen LogP contribution in [0.4, 0.5) is 11.8 Å². The van der Waals surface area contributed by atoms with Crippen molar-refractivity contribution in [1.82, 2.24) is 14.9 Å². The van der Waals surface area contributed by atoms with Crippen LogP contribution < -0.4 is 11.1 Å². The van der Waals surface area contributed by atoms with Crippen LogP contribution in [0.5, 0.6) is 0 Å². The van der Waals surface area contributed by atoms with E-state index < -0.39 is 0 Å². The predicted octanol–water partition coefficient (Wildman–Crippen LogP) is 0.402. The molecule has 0 aromatic carbocycles. The van der Waals surface area contributed by atoms with Crippen molar-refractivity contribution in [3.63, 3.8) is 0 Å². The molecule has 0 spiro atoms. The van der Waals surface area contributed by atoms with Crippen molar-refractivity contribution >= 4 is 17.7 Å². The number of nitrogen functional groups attached to an aromatic ring is 1. The number of hydrogen-bond acceptors (Lipinski definition) is 5. The predicted molar refractivity (Wildman–Crippen MR) is 65.5 cm³/mol. The van der Waals surface area contributed by atoms with Gasteiger partial charge in [0.15, 0.2) is 0 Å². The maximum atomic E-state index is 11.8. The molecule has 0 saturated carbocycles. The Labute approximate surface area is 100 Å². The quantitative estimate of drug-likeness (QED) is 0.792. The minimum Gasteiger partial charge on any atom is -0.368 e. The van der Waals surface area contributed by atoms with Gasteiger partial charge >= 0.3 is 0 Å². The first-order chi connectivity index (χ1) is 8.15. The van der Waals surface area contributed by atoms with Crippen LogP contribution >= 0.6 is 0 Å². The van der Waals surface area contributed by atoms with Crippen LogP contribution in [0.25, 0.3) is 0 Å². The SMILES string of the molecule is Cc1cc(NCC(=O)N2CCCC2)nc(N)n1. The minimum atomic E-state index is 0.109. The number of carbonyl (C=O) groups excluding carboxylic acids is 1. The number of aryl methyl sites for hydroxylation is 1. The van der Waals surface area contributed by atoms with Crippen molar-refractivity contribution < 1.29 is 4.79 Å². The summed E-state index contributed by atoms with van der Waals surface area (Å²) in [5.74, 6) is 0.931. The van der Waals surface area contributed by atoms with Crippen LogP contribution in [0.3, 0.4) is 0 Å². The fraction of sp³-hybridized carbons (Fsp3) is 0.545. The molecule has 6 nitrogen and oxygen atoms in total. The first-order valence-corrected chi connectivity index (χ1v) is 5.78. The van der Waals surface area contributed by atoms with Gasteiger partial charge in [0.1, 0.15) is 5.82 Å².